The van der Waals surface area contributed by atoms with Gasteiger partial charge in [-0.15, -0.1) is 0 Å². The van der Waals surface area contributed by atoms with Crippen LogP contribution in [0.3, 0.4) is 0 Å². The molecule has 0 radical (unpaired) electrons. The van der Waals surface area contributed by atoms with Gasteiger partial charge < -0.3 is 67.9 Å². The van der Waals surface area contributed by atoms with Gasteiger partial charge in [-0.25, -0.2) is 4.99 Å². The van der Waals surface area contributed by atoms with Gasteiger partial charge in [0.1, 0.15) is 47.0 Å². The summed E-state index contributed by atoms with van der Waals surface area (Å²) >= 11 is 0. The quantitative estimate of drug-likeness (QED) is 0.123. The number of carbonyl (C=O) groups excluding carboxylic acids is 9. The van der Waals surface area contributed by atoms with E-state index in [2.05, 4.69) is 41.9 Å². The van der Waals surface area contributed by atoms with Crippen molar-refractivity contribution in [1.82, 2.24) is 41.8 Å². The van der Waals surface area contributed by atoms with E-state index in [1.807, 2.05) is 0 Å². The van der Waals surface area contributed by atoms with E-state index in [4.69, 9.17) is 5.73 Å². The molecule has 0 unspecified atom stereocenters. The molecule has 4 heterocycles. The number of benzene rings is 1. The van der Waals surface area contributed by atoms with Crippen molar-refractivity contribution >= 4 is 81.1 Å². The maximum atomic E-state index is 14.5. The second kappa shape index (κ2) is 20.9. The third kappa shape index (κ3) is 11.4. The number of carbonyl (C=O) groups is 9. The molecule has 2 aromatic rings. The summed E-state index contributed by atoms with van der Waals surface area (Å²) in [6.07, 6.45) is -3.98. The molecule has 64 heavy (non-hydrogen) atoms. The highest BCUT2D eigenvalue weighted by molar-refractivity contribution is 7.85. The van der Waals surface area contributed by atoms with Gasteiger partial charge >= 0.3 is 0 Å². The van der Waals surface area contributed by atoms with Crippen LogP contribution in [-0.4, -0.2) is 168 Å². The monoisotopic (exact) mass is 916 g/mol. The fourth-order valence-corrected chi connectivity index (χ4v) is 8.97. The zero-order chi connectivity index (χ0) is 47.2. The molecule has 0 aliphatic carbocycles. The van der Waals surface area contributed by atoms with Crippen LogP contribution < -0.4 is 37.6 Å². The Morgan fingerprint density at radius 3 is 2.34 bits per heavy atom. The van der Waals surface area contributed by atoms with Crippen LogP contribution in [0.5, 0.6) is 5.75 Å². The molecule has 0 spiro atoms. The molecule has 2 bridgehead atoms. The normalized spacial score (nSPS) is 28.4. The third-order valence-corrected chi connectivity index (χ3v) is 12.8. The summed E-state index contributed by atoms with van der Waals surface area (Å²) < 4.78 is 14.5. The van der Waals surface area contributed by atoms with Gasteiger partial charge in [0.25, 0.3) is 11.8 Å². The predicted molar refractivity (Wildman–Crippen MR) is 223 cm³/mol. The molecule has 5 rings (SSSR count). The number of nitrogens with zero attached hydrogens (tertiary/aromatic N) is 2. The molecule has 1 saturated heterocycles. The summed E-state index contributed by atoms with van der Waals surface area (Å²) in [6, 6.07) is -6.20. The standard InChI is InChI=1S/C39H52N10O14S/c1-4-16(2)31-36(60)42-11-29(55)43-25-15-64(63)38-21(20-6-5-18(51)7-22(20)46-38)9-23(33(57)41-12-30(56)47-31)44-37(61)32(17(3)27(53)14-50)48-35(59)26-8-19(52)13-49(26)39(62)24(10-28(40)54)45-34(25)58/h5-7,11,16-17,19,23-27,31-32,46,50-53H,4,8-10,12-15H2,1-3H3,(H2,40,54)(H,41,57)(H,43,55)(H,44,61)(H,45,58)(H,47,56)(H,48,59)/t16-,17-,19+,23-,24-,25-,26-,27-,31-,32-,64+/m0/s1. The first-order valence-corrected chi connectivity index (χ1v) is 21.7. The van der Waals surface area contributed by atoms with Crippen LogP contribution >= 0.6 is 0 Å². The van der Waals surface area contributed by atoms with E-state index in [-0.39, 0.29) is 27.2 Å². The second-order valence-corrected chi connectivity index (χ2v) is 17.4. The van der Waals surface area contributed by atoms with Crippen molar-refractivity contribution in [1.29, 1.82) is 0 Å². The lowest BCUT2D eigenvalue weighted by atomic mass is 9.93. The Hall–Kier alpha value is -6.31. The minimum atomic E-state index is -2.41. The average Bonchev–Trinajstić information content (AvgIpc) is 3.82. The van der Waals surface area contributed by atoms with Crippen LogP contribution in [0.25, 0.3) is 10.9 Å². The lowest BCUT2D eigenvalue weighted by Gasteiger charge is -2.32. The van der Waals surface area contributed by atoms with Crippen LogP contribution in [0.2, 0.25) is 0 Å². The number of aliphatic hydroxyl groups is 3. The van der Waals surface area contributed by atoms with E-state index >= 15 is 0 Å². The first kappa shape index (κ1) is 48.7. The number of aliphatic imine (C=N–C) groups is 1. The number of nitrogens with one attached hydrogen (secondary N) is 7. The lowest BCUT2D eigenvalue weighted by Crippen LogP contribution is -2.62. The first-order chi connectivity index (χ1) is 30.2. The Balaban J connectivity index is 1.75. The van der Waals surface area contributed by atoms with E-state index < -0.39 is 169 Å². The van der Waals surface area contributed by atoms with Crippen molar-refractivity contribution in [3.8, 4) is 5.75 Å². The van der Waals surface area contributed by atoms with Gasteiger partial charge in [0.05, 0.1) is 60.1 Å². The molecule has 3 aliphatic heterocycles. The summed E-state index contributed by atoms with van der Waals surface area (Å²) in [7, 11) is -2.41. The van der Waals surface area contributed by atoms with Crippen molar-refractivity contribution in [2.45, 2.75) is 99.9 Å². The molecule has 0 saturated carbocycles. The lowest BCUT2D eigenvalue weighted by molar-refractivity contribution is -0.144. The molecule has 1 aromatic carbocycles. The number of nitrogens with two attached hydrogens (primary N) is 1. The first-order valence-electron chi connectivity index (χ1n) is 20.4. The number of aromatic nitrogens is 1. The number of hydrogen-bond acceptors (Lipinski definition) is 14. The second-order valence-electron chi connectivity index (χ2n) is 16.0. The van der Waals surface area contributed by atoms with Gasteiger partial charge in [0.15, 0.2) is 0 Å². The number of primary amides is 1. The van der Waals surface area contributed by atoms with Crippen molar-refractivity contribution in [2.24, 2.45) is 22.6 Å². The fourth-order valence-electron chi connectivity index (χ4n) is 7.57. The highest BCUT2D eigenvalue weighted by Crippen LogP contribution is 2.30. The summed E-state index contributed by atoms with van der Waals surface area (Å²) in [6.45, 7) is 2.42. The molecule has 3 aliphatic rings. The van der Waals surface area contributed by atoms with Crippen LogP contribution in [0.15, 0.2) is 28.2 Å². The number of phenols is 1. The summed E-state index contributed by atoms with van der Waals surface area (Å²) in [4.78, 5) is 131. The predicted octanol–water partition coefficient (Wildman–Crippen LogP) is -5.44. The number of amides is 9. The number of hydrogen-bond donors (Lipinski definition) is 12. The van der Waals surface area contributed by atoms with Crippen molar-refractivity contribution in [3.05, 3.63) is 23.8 Å². The van der Waals surface area contributed by atoms with Gasteiger partial charge in [-0.3, -0.25) is 47.4 Å². The van der Waals surface area contributed by atoms with Crippen molar-refractivity contribution < 1.29 is 67.8 Å². The Labute approximate surface area is 367 Å². The number of rotatable bonds is 7. The Morgan fingerprint density at radius 2 is 1.67 bits per heavy atom. The van der Waals surface area contributed by atoms with Gasteiger partial charge in [-0.1, -0.05) is 27.2 Å². The number of H-pyrrole nitrogens is 1. The maximum Gasteiger partial charge on any atom is 0.268 e. The molecule has 24 nitrogen and oxygen atoms in total. The summed E-state index contributed by atoms with van der Waals surface area (Å²) in [5.41, 5.74) is 5.69. The Morgan fingerprint density at radius 1 is 0.953 bits per heavy atom. The third-order valence-electron chi connectivity index (χ3n) is 11.4. The molecule has 13 N–H and O–H groups in total. The van der Waals surface area contributed by atoms with Crippen LogP contribution in [0.4, 0.5) is 0 Å². The van der Waals surface area contributed by atoms with E-state index in [1.54, 1.807) is 13.8 Å². The molecule has 25 heteroatoms. The summed E-state index contributed by atoms with van der Waals surface area (Å²) in [5, 5.41) is 56.1. The zero-order valence-electron chi connectivity index (χ0n) is 35.0. The summed E-state index contributed by atoms with van der Waals surface area (Å²) in [5.74, 6) is -12.6. The molecular weight excluding hydrogens is 865 g/mol. The van der Waals surface area contributed by atoms with E-state index in [0.717, 1.165) is 4.90 Å². The molecule has 348 valence electrons. The van der Waals surface area contributed by atoms with Crippen molar-refractivity contribution in [3.63, 3.8) is 0 Å². The fraction of sp³-hybridized carbons (Fsp3) is 0.538. The highest BCUT2D eigenvalue weighted by Gasteiger charge is 2.45. The van der Waals surface area contributed by atoms with Crippen LogP contribution in [0, 0.1) is 11.8 Å². The molecular formula is C39H52N10O14S. The topological polar surface area (TPSA) is 381 Å². The maximum absolute atomic E-state index is 14.5. The molecule has 11 atom stereocenters. The smallest absolute Gasteiger partial charge is 0.268 e. The number of phenolic OH excluding ortho intramolecular Hbond substituents is 1. The van der Waals surface area contributed by atoms with E-state index in [9.17, 15) is 67.8 Å². The minimum absolute atomic E-state index is 0.0661. The van der Waals surface area contributed by atoms with Gasteiger partial charge in [-0.05, 0) is 23.6 Å². The number of fused-ring (bicyclic) bond motifs is 5. The molecule has 1 aromatic heterocycles. The van der Waals surface area contributed by atoms with Crippen molar-refractivity contribution in [2.75, 3.05) is 25.4 Å². The number of aromatic hydroxyl groups is 1. The van der Waals surface area contributed by atoms with E-state index in [1.165, 1.54) is 25.1 Å². The average molecular weight is 917 g/mol. The number of aromatic amines is 1. The Bertz CT molecular complexity index is 2250. The van der Waals surface area contributed by atoms with Gasteiger partial charge in [-0.2, -0.15) is 0 Å². The number of aliphatic hydroxyl groups excluding tert-OH is 3. The highest BCUT2D eigenvalue weighted by atomic mass is 32.2. The van der Waals surface area contributed by atoms with Gasteiger partial charge in [0, 0.05) is 36.8 Å². The Kier molecular flexibility index (Phi) is 15.9. The van der Waals surface area contributed by atoms with E-state index in [0.29, 0.717) is 12.6 Å². The van der Waals surface area contributed by atoms with Crippen LogP contribution in [0.1, 0.15) is 45.6 Å². The van der Waals surface area contributed by atoms with Gasteiger partial charge in [0.2, 0.25) is 41.4 Å². The molecule has 1 fully saturated rings. The SMILES string of the molecule is CC[C@H](C)[C@@H]1NC(=O)CNC(=O)[C@@H]2Cc3c([nH]c4cc(O)ccc34)[S@](=O)C[C@H](NC(=O)C=NC1=O)C(=O)N[C@@H](CC(N)=O)C(=O)N1C[C@H](O)C[C@H]1C(=O)N[C@@H]([C@@H](C)[C@@H](O)CO)C(=O)N2. The largest absolute Gasteiger partial charge is 0.508 e. The zero-order valence-corrected chi connectivity index (χ0v) is 35.8. The molecule has 9 amide bonds. The minimum Gasteiger partial charge on any atom is -0.508 e. The van der Waals surface area contributed by atoms with Crippen LogP contribution in [-0.2, 0) is 60.4 Å².